The van der Waals surface area contributed by atoms with Crippen molar-refractivity contribution in [3.63, 3.8) is 0 Å². The Balaban J connectivity index is 2.01. The zero-order chi connectivity index (χ0) is 19.0. The van der Waals surface area contributed by atoms with Crippen molar-refractivity contribution in [2.45, 2.75) is 33.1 Å². The molecule has 0 radical (unpaired) electrons. The Bertz CT molecular complexity index is 725. The monoisotopic (exact) mass is 355 g/mol. The summed E-state index contributed by atoms with van der Waals surface area (Å²) in [7, 11) is 0. The lowest BCUT2D eigenvalue weighted by Gasteiger charge is -2.26. The van der Waals surface area contributed by atoms with Gasteiger partial charge in [-0.2, -0.15) is 0 Å². The van der Waals surface area contributed by atoms with Crippen LogP contribution in [0.4, 0.5) is 0 Å². The first-order chi connectivity index (χ1) is 12.4. The van der Waals surface area contributed by atoms with Crippen LogP contribution in [0.1, 0.15) is 42.3 Å². The molecule has 0 spiro atoms. The molecule has 0 saturated heterocycles. The molecule has 4 nitrogen and oxygen atoms in total. The molecule has 0 fully saturated rings. The molecule has 2 aromatic rings. The molecule has 2 aromatic carbocycles. The van der Waals surface area contributed by atoms with Gasteiger partial charge in [-0.15, -0.1) is 0 Å². The first-order valence-corrected chi connectivity index (χ1v) is 9.09. The van der Waals surface area contributed by atoms with E-state index >= 15 is 0 Å². The molecule has 0 aliphatic rings. The first-order valence-electron chi connectivity index (χ1n) is 9.09. The molecular formula is C22H29NO3. The number of hydrogen-bond acceptors (Lipinski definition) is 3. The van der Waals surface area contributed by atoms with E-state index in [2.05, 4.69) is 50.4 Å². The number of aryl methyl sites for hydroxylation is 1. The standard InChI is InChI=1S/C22H29NO3/c1-5-25-13-14-26-20-12-7-6-11-19(20)21(24)23-16-22(3,4)18-10-8-9-17(2)15-18/h6-12,15H,5,13-14,16H2,1-4H3,(H,23,24). The fourth-order valence-corrected chi connectivity index (χ4v) is 2.70. The van der Waals surface area contributed by atoms with Crippen LogP contribution in [0.5, 0.6) is 5.75 Å². The van der Waals surface area contributed by atoms with Gasteiger partial charge in [-0.25, -0.2) is 0 Å². The van der Waals surface area contributed by atoms with Gasteiger partial charge >= 0.3 is 0 Å². The van der Waals surface area contributed by atoms with E-state index in [9.17, 15) is 4.79 Å². The summed E-state index contributed by atoms with van der Waals surface area (Å²) in [6, 6.07) is 15.7. The second kappa shape index (κ2) is 9.39. The van der Waals surface area contributed by atoms with Gasteiger partial charge in [-0.1, -0.05) is 55.8 Å². The van der Waals surface area contributed by atoms with E-state index in [1.54, 1.807) is 6.07 Å². The maximum Gasteiger partial charge on any atom is 0.255 e. The Morgan fingerprint density at radius 1 is 1.08 bits per heavy atom. The van der Waals surface area contributed by atoms with Gasteiger partial charge in [0.1, 0.15) is 12.4 Å². The predicted molar refractivity (Wildman–Crippen MR) is 105 cm³/mol. The van der Waals surface area contributed by atoms with Crippen molar-refractivity contribution >= 4 is 5.91 Å². The first kappa shape index (κ1) is 20.0. The van der Waals surface area contributed by atoms with Crippen LogP contribution in [0.2, 0.25) is 0 Å². The average molecular weight is 355 g/mol. The number of hydrogen-bond donors (Lipinski definition) is 1. The minimum atomic E-state index is -0.160. The molecule has 0 bridgehead atoms. The van der Waals surface area contributed by atoms with Crippen LogP contribution in [-0.2, 0) is 10.2 Å². The Kier molecular flexibility index (Phi) is 7.22. The highest BCUT2D eigenvalue weighted by atomic mass is 16.5. The molecule has 0 saturated carbocycles. The van der Waals surface area contributed by atoms with E-state index in [1.165, 1.54) is 11.1 Å². The molecule has 4 heteroatoms. The number of amides is 1. The van der Waals surface area contributed by atoms with Crippen molar-refractivity contribution in [2.75, 3.05) is 26.4 Å². The maximum atomic E-state index is 12.7. The Morgan fingerprint density at radius 3 is 2.58 bits per heavy atom. The molecular weight excluding hydrogens is 326 g/mol. The molecule has 1 N–H and O–H groups in total. The fourth-order valence-electron chi connectivity index (χ4n) is 2.70. The largest absolute Gasteiger partial charge is 0.490 e. The van der Waals surface area contributed by atoms with E-state index in [-0.39, 0.29) is 11.3 Å². The van der Waals surface area contributed by atoms with E-state index in [1.807, 2.05) is 25.1 Å². The van der Waals surface area contributed by atoms with E-state index in [0.29, 0.717) is 37.7 Å². The number of nitrogens with one attached hydrogen (secondary N) is 1. The van der Waals surface area contributed by atoms with Gasteiger partial charge in [0.15, 0.2) is 0 Å². The summed E-state index contributed by atoms with van der Waals surface area (Å²) < 4.78 is 11.0. The summed E-state index contributed by atoms with van der Waals surface area (Å²) in [4.78, 5) is 12.7. The molecule has 0 aromatic heterocycles. The Morgan fingerprint density at radius 2 is 1.85 bits per heavy atom. The molecule has 0 aliphatic heterocycles. The summed E-state index contributed by atoms with van der Waals surface area (Å²) >= 11 is 0. The van der Waals surface area contributed by atoms with Crippen molar-refractivity contribution in [1.82, 2.24) is 5.32 Å². The highest BCUT2D eigenvalue weighted by molar-refractivity contribution is 5.96. The van der Waals surface area contributed by atoms with E-state index in [0.717, 1.165) is 0 Å². The molecule has 2 rings (SSSR count). The maximum absolute atomic E-state index is 12.7. The lowest BCUT2D eigenvalue weighted by atomic mass is 9.84. The SMILES string of the molecule is CCOCCOc1ccccc1C(=O)NCC(C)(C)c1cccc(C)c1. The summed E-state index contributed by atoms with van der Waals surface area (Å²) in [6.07, 6.45) is 0. The third-order valence-electron chi connectivity index (χ3n) is 4.31. The second-order valence-electron chi connectivity index (χ2n) is 6.98. The normalized spacial score (nSPS) is 11.2. The van der Waals surface area contributed by atoms with Crippen LogP contribution >= 0.6 is 0 Å². The Labute approximate surface area is 156 Å². The van der Waals surface area contributed by atoms with Gasteiger partial charge in [0.2, 0.25) is 0 Å². The number of carbonyl (C=O) groups excluding carboxylic acids is 1. The molecule has 26 heavy (non-hydrogen) atoms. The lowest BCUT2D eigenvalue weighted by molar-refractivity contribution is 0.0929. The number of carbonyl (C=O) groups is 1. The zero-order valence-corrected chi connectivity index (χ0v) is 16.2. The van der Waals surface area contributed by atoms with E-state index < -0.39 is 0 Å². The number of para-hydroxylation sites is 1. The van der Waals surface area contributed by atoms with Gasteiger partial charge in [-0.05, 0) is 31.5 Å². The van der Waals surface area contributed by atoms with Crippen molar-refractivity contribution in [1.29, 1.82) is 0 Å². The van der Waals surface area contributed by atoms with Gasteiger partial charge in [0.25, 0.3) is 5.91 Å². The van der Waals surface area contributed by atoms with Crippen molar-refractivity contribution < 1.29 is 14.3 Å². The van der Waals surface area contributed by atoms with Crippen LogP contribution in [0, 0.1) is 6.92 Å². The molecule has 140 valence electrons. The number of rotatable bonds is 9. The van der Waals surface area contributed by atoms with Gasteiger partial charge in [-0.3, -0.25) is 4.79 Å². The molecule has 0 heterocycles. The molecule has 0 unspecified atom stereocenters. The summed E-state index contributed by atoms with van der Waals surface area (Å²) in [5.74, 6) is 0.454. The van der Waals surface area contributed by atoms with Crippen molar-refractivity contribution in [2.24, 2.45) is 0 Å². The van der Waals surface area contributed by atoms with E-state index in [4.69, 9.17) is 9.47 Å². The quantitative estimate of drug-likeness (QED) is 0.689. The van der Waals surface area contributed by atoms with Crippen molar-refractivity contribution in [3.05, 3.63) is 65.2 Å². The van der Waals surface area contributed by atoms with Crippen LogP contribution in [-0.4, -0.2) is 32.3 Å². The minimum Gasteiger partial charge on any atom is -0.490 e. The molecule has 1 amide bonds. The van der Waals surface area contributed by atoms with Crippen molar-refractivity contribution in [3.8, 4) is 5.75 Å². The summed E-state index contributed by atoms with van der Waals surface area (Å²) in [6.45, 7) is 10.4. The smallest absolute Gasteiger partial charge is 0.255 e. The summed E-state index contributed by atoms with van der Waals surface area (Å²) in [5, 5.41) is 3.05. The van der Waals surface area contributed by atoms with Gasteiger partial charge in [0.05, 0.1) is 12.2 Å². The number of ether oxygens (including phenoxy) is 2. The fraction of sp³-hybridized carbons (Fsp3) is 0.409. The number of benzene rings is 2. The summed E-state index contributed by atoms with van der Waals surface area (Å²) in [5.41, 5.74) is 2.81. The average Bonchev–Trinajstić information content (AvgIpc) is 2.64. The van der Waals surface area contributed by atoms with Gasteiger partial charge in [0, 0.05) is 18.6 Å². The van der Waals surface area contributed by atoms with Gasteiger partial charge < -0.3 is 14.8 Å². The highest BCUT2D eigenvalue weighted by Crippen LogP contribution is 2.24. The van der Waals surface area contributed by atoms with Crippen LogP contribution in [0.25, 0.3) is 0 Å². The topological polar surface area (TPSA) is 47.6 Å². The zero-order valence-electron chi connectivity index (χ0n) is 16.2. The molecule has 0 atom stereocenters. The minimum absolute atomic E-state index is 0.127. The van der Waals surface area contributed by atoms with Crippen LogP contribution in [0.3, 0.4) is 0 Å². The third-order valence-corrected chi connectivity index (χ3v) is 4.31. The highest BCUT2D eigenvalue weighted by Gasteiger charge is 2.22. The lowest BCUT2D eigenvalue weighted by Crippen LogP contribution is -2.36. The Hall–Kier alpha value is -2.33. The predicted octanol–water partition coefficient (Wildman–Crippen LogP) is 4.12. The third kappa shape index (κ3) is 5.60. The second-order valence-corrected chi connectivity index (χ2v) is 6.98. The van der Waals surface area contributed by atoms with Crippen LogP contribution < -0.4 is 10.1 Å². The molecule has 0 aliphatic carbocycles. The van der Waals surface area contributed by atoms with Crippen LogP contribution in [0.15, 0.2) is 48.5 Å².